The SMILES string of the molecule is CCCCN(CC(=O)N(C)OC)C(=O)OC(C)(C)C. The standard InChI is InChI=1S/C13H26N2O4/c1-7-8-9-15(10-11(16)14(5)18-6)12(17)19-13(2,3)4/h7-10H2,1-6H3. The van der Waals surface area contributed by atoms with E-state index in [0.717, 1.165) is 17.9 Å². The average Bonchev–Trinajstić information content (AvgIpc) is 2.30. The zero-order valence-electron chi connectivity index (χ0n) is 12.9. The monoisotopic (exact) mass is 274 g/mol. The molecule has 0 saturated heterocycles. The van der Waals surface area contributed by atoms with Crippen LogP contribution in [0.1, 0.15) is 40.5 Å². The van der Waals surface area contributed by atoms with E-state index in [1.54, 1.807) is 20.8 Å². The number of hydroxylamine groups is 2. The number of rotatable bonds is 6. The van der Waals surface area contributed by atoms with Crippen molar-refractivity contribution in [2.24, 2.45) is 0 Å². The Kier molecular flexibility index (Phi) is 7.44. The molecule has 0 aliphatic heterocycles. The van der Waals surface area contributed by atoms with Gasteiger partial charge in [0, 0.05) is 13.6 Å². The van der Waals surface area contributed by atoms with E-state index in [0.29, 0.717) is 6.54 Å². The summed E-state index contributed by atoms with van der Waals surface area (Å²) in [5.74, 6) is -0.288. The fourth-order valence-electron chi connectivity index (χ4n) is 1.28. The summed E-state index contributed by atoms with van der Waals surface area (Å²) in [7, 11) is 2.91. The lowest BCUT2D eigenvalue weighted by Crippen LogP contribution is -2.43. The molecular weight excluding hydrogens is 248 g/mol. The summed E-state index contributed by atoms with van der Waals surface area (Å²) in [6.45, 7) is 7.87. The minimum atomic E-state index is -0.572. The highest BCUT2D eigenvalue weighted by Crippen LogP contribution is 2.10. The predicted octanol–water partition coefficient (Wildman–Crippen LogP) is 2.04. The van der Waals surface area contributed by atoms with E-state index in [-0.39, 0.29) is 12.5 Å². The fraction of sp³-hybridized carbons (Fsp3) is 0.846. The van der Waals surface area contributed by atoms with Gasteiger partial charge in [0.1, 0.15) is 12.1 Å². The van der Waals surface area contributed by atoms with E-state index in [1.807, 2.05) is 6.92 Å². The van der Waals surface area contributed by atoms with Crippen LogP contribution in [0.15, 0.2) is 0 Å². The van der Waals surface area contributed by atoms with Gasteiger partial charge in [0.05, 0.1) is 7.11 Å². The molecule has 112 valence electrons. The maximum Gasteiger partial charge on any atom is 0.410 e. The number of hydrogen-bond donors (Lipinski definition) is 0. The lowest BCUT2D eigenvalue weighted by molar-refractivity contribution is -0.169. The number of carbonyl (C=O) groups is 2. The molecule has 6 nitrogen and oxygen atoms in total. The van der Waals surface area contributed by atoms with Gasteiger partial charge in [0.2, 0.25) is 0 Å². The van der Waals surface area contributed by atoms with Crippen LogP contribution in [0.25, 0.3) is 0 Å². The molecule has 0 unspecified atom stereocenters. The molecule has 0 radical (unpaired) electrons. The molecule has 0 aromatic heterocycles. The molecule has 6 heteroatoms. The molecular formula is C13H26N2O4. The van der Waals surface area contributed by atoms with Crippen molar-refractivity contribution in [3.05, 3.63) is 0 Å². The van der Waals surface area contributed by atoms with Crippen LogP contribution < -0.4 is 0 Å². The zero-order chi connectivity index (χ0) is 15.1. The van der Waals surface area contributed by atoms with Crippen molar-refractivity contribution in [3.8, 4) is 0 Å². The van der Waals surface area contributed by atoms with Gasteiger partial charge in [-0.25, -0.2) is 9.86 Å². The quantitative estimate of drug-likeness (QED) is 0.695. The van der Waals surface area contributed by atoms with E-state index in [4.69, 9.17) is 9.57 Å². The summed E-state index contributed by atoms with van der Waals surface area (Å²) in [5.41, 5.74) is -0.572. The van der Waals surface area contributed by atoms with Crippen LogP contribution >= 0.6 is 0 Å². The lowest BCUT2D eigenvalue weighted by atomic mass is 10.2. The smallest absolute Gasteiger partial charge is 0.410 e. The normalized spacial score (nSPS) is 11.1. The third-order valence-corrected chi connectivity index (χ3v) is 2.38. The van der Waals surface area contributed by atoms with Crippen LogP contribution in [0.2, 0.25) is 0 Å². The number of amides is 2. The van der Waals surface area contributed by atoms with Gasteiger partial charge in [-0.1, -0.05) is 13.3 Å². The Balaban J connectivity index is 4.62. The molecule has 0 spiro atoms. The topological polar surface area (TPSA) is 59.1 Å². The Labute approximate surface area is 115 Å². The van der Waals surface area contributed by atoms with E-state index in [1.165, 1.54) is 19.1 Å². The largest absolute Gasteiger partial charge is 0.444 e. The van der Waals surface area contributed by atoms with Crippen molar-refractivity contribution >= 4 is 12.0 Å². The second-order valence-corrected chi connectivity index (χ2v) is 5.33. The Morgan fingerprint density at radius 2 is 1.79 bits per heavy atom. The minimum absolute atomic E-state index is 0.0424. The summed E-state index contributed by atoms with van der Waals surface area (Å²) in [4.78, 5) is 30.0. The van der Waals surface area contributed by atoms with Crippen LogP contribution in [0, 0.1) is 0 Å². The van der Waals surface area contributed by atoms with Crippen molar-refractivity contribution in [1.29, 1.82) is 0 Å². The highest BCUT2D eigenvalue weighted by molar-refractivity contribution is 5.81. The highest BCUT2D eigenvalue weighted by atomic mass is 16.7. The van der Waals surface area contributed by atoms with Gasteiger partial charge in [-0.3, -0.25) is 14.5 Å². The summed E-state index contributed by atoms with van der Waals surface area (Å²) in [6, 6.07) is 0. The number of nitrogens with zero attached hydrogens (tertiary/aromatic N) is 2. The van der Waals surface area contributed by atoms with Gasteiger partial charge in [-0.15, -0.1) is 0 Å². The van der Waals surface area contributed by atoms with E-state index in [2.05, 4.69) is 0 Å². The maximum atomic E-state index is 12.0. The summed E-state index contributed by atoms with van der Waals surface area (Å²) in [5, 5.41) is 1.10. The average molecular weight is 274 g/mol. The number of hydrogen-bond acceptors (Lipinski definition) is 4. The first-order valence-corrected chi connectivity index (χ1v) is 6.49. The summed E-state index contributed by atoms with van der Waals surface area (Å²) < 4.78 is 5.29. The van der Waals surface area contributed by atoms with E-state index >= 15 is 0 Å². The van der Waals surface area contributed by atoms with Gasteiger partial charge < -0.3 is 4.74 Å². The van der Waals surface area contributed by atoms with Crippen LogP contribution in [-0.2, 0) is 14.4 Å². The van der Waals surface area contributed by atoms with Gasteiger partial charge in [-0.05, 0) is 27.2 Å². The molecule has 0 rings (SSSR count). The molecule has 2 amide bonds. The van der Waals surface area contributed by atoms with Crippen molar-refractivity contribution in [3.63, 3.8) is 0 Å². The molecule has 0 aliphatic carbocycles. The fourth-order valence-corrected chi connectivity index (χ4v) is 1.28. The molecule has 0 heterocycles. The first kappa shape index (κ1) is 17.7. The summed E-state index contributed by atoms with van der Waals surface area (Å²) >= 11 is 0. The van der Waals surface area contributed by atoms with Crippen LogP contribution in [-0.4, -0.2) is 54.8 Å². The Morgan fingerprint density at radius 3 is 2.21 bits per heavy atom. The van der Waals surface area contributed by atoms with Crippen molar-refractivity contribution in [2.75, 3.05) is 27.2 Å². The molecule has 0 atom stereocenters. The number of unbranched alkanes of at least 4 members (excludes halogenated alkanes) is 1. The second-order valence-electron chi connectivity index (χ2n) is 5.33. The molecule has 0 aromatic carbocycles. The Bertz CT molecular complexity index is 300. The first-order valence-electron chi connectivity index (χ1n) is 6.49. The molecule has 0 N–H and O–H groups in total. The minimum Gasteiger partial charge on any atom is -0.444 e. The molecule has 0 bridgehead atoms. The van der Waals surface area contributed by atoms with Crippen molar-refractivity contribution in [1.82, 2.24) is 9.96 Å². The Morgan fingerprint density at radius 1 is 1.21 bits per heavy atom. The lowest BCUT2D eigenvalue weighted by Gasteiger charge is -2.28. The summed E-state index contributed by atoms with van der Waals surface area (Å²) in [6.07, 6.45) is 1.29. The Hall–Kier alpha value is -1.30. The first-order chi connectivity index (χ1) is 8.71. The highest BCUT2D eigenvalue weighted by Gasteiger charge is 2.24. The van der Waals surface area contributed by atoms with Gasteiger partial charge in [0.25, 0.3) is 5.91 Å². The van der Waals surface area contributed by atoms with Crippen molar-refractivity contribution in [2.45, 2.75) is 46.1 Å². The predicted molar refractivity (Wildman–Crippen MR) is 72.5 cm³/mol. The van der Waals surface area contributed by atoms with E-state index < -0.39 is 11.7 Å². The number of carbonyl (C=O) groups excluding carboxylic acids is 2. The number of ether oxygens (including phenoxy) is 1. The molecule has 0 aliphatic rings. The van der Waals surface area contributed by atoms with Crippen LogP contribution in [0.3, 0.4) is 0 Å². The second kappa shape index (κ2) is 7.99. The van der Waals surface area contributed by atoms with Crippen LogP contribution in [0.4, 0.5) is 4.79 Å². The maximum absolute atomic E-state index is 12.0. The number of likely N-dealkylation sites (N-methyl/N-ethyl adjacent to an activating group) is 1. The molecule has 0 saturated carbocycles. The molecule has 0 fully saturated rings. The van der Waals surface area contributed by atoms with Gasteiger partial charge in [0.15, 0.2) is 0 Å². The van der Waals surface area contributed by atoms with Crippen molar-refractivity contribution < 1.29 is 19.2 Å². The molecule has 19 heavy (non-hydrogen) atoms. The van der Waals surface area contributed by atoms with E-state index in [9.17, 15) is 9.59 Å². The third-order valence-electron chi connectivity index (χ3n) is 2.38. The third kappa shape index (κ3) is 7.66. The van der Waals surface area contributed by atoms with Gasteiger partial charge >= 0.3 is 6.09 Å². The van der Waals surface area contributed by atoms with Crippen LogP contribution in [0.5, 0.6) is 0 Å². The zero-order valence-corrected chi connectivity index (χ0v) is 12.9. The van der Waals surface area contributed by atoms with Gasteiger partial charge in [-0.2, -0.15) is 0 Å². The molecule has 0 aromatic rings.